The molecule has 2 rings (SSSR count). The van der Waals surface area contributed by atoms with E-state index >= 15 is 0 Å². The first-order chi connectivity index (χ1) is 9.15. The monoisotopic (exact) mass is 260 g/mol. The highest BCUT2D eigenvalue weighted by Gasteiger charge is 2.13. The normalized spacial score (nSPS) is 17.1. The zero-order valence-corrected chi connectivity index (χ0v) is 12.7. The first kappa shape index (κ1) is 14.5. The molecule has 0 radical (unpaired) electrons. The highest BCUT2D eigenvalue weighted by molar-refractivity contribution is 5.30. The van der Waals surface area contributed by atoms with Crippen molar-refractivity contribution in [1.82, 2.24) is 10.2 Å². The summed E-state index contributed by atoms with van der Waals surface area (Å²) in [6.45, 7) is 9.13. The Morgan fingerprint density at radius 1 is 1.21 bits per heavy atom. The van der Waals surface area contributed by atoms with E-state index in [-0.39, 0.29) is 0 Å². The Kier molecular flexibility index (Phi) is 5.41. The zero-order chi connectivity index (χ0) is 13.7. The van der Waals surface area contributed by atoms with Crippen LogP contribution in [0.2, 0.25) is 0 Å². The Bertz CT molecular complexity index is 394. The minimum atomic E-state index is 0.933. The SMILES string of the molecule is Cc1ccc(C)c(CN(C)CCC2CCNCC2)c1. The van der Waals surface area contributed by atoms with Gasteiger partial charge < -0.3 is 10.2 Å². The minimum absolute atomic E-state index is 0.933. The molecule has 1 aromatic rings. The van der Waals surface area contributed by atoms with Crippen molar-refractivity contribution in [2.45, 2.75) is 39.7 Å². The van der Waals surface area contributed by atoms with Crippen molar-refractivity contribution in [2.24, 2.45) is 5.92 Å². The van der Waals surface area contributed by atoms with Gasteiger partial charge in [-0.25, -0.2) is 0 Å². The van der Waals surface area contributed by atoms with Gasteiger partial charge in [-0.1, -0.05) is 23.8 Å². The van der Waals surface area contributed by atoms with Crippen molar-refractivity contribution in [1.29, 1.82) is 0 Å². The van der Waals surface area contributed by atoms with Gasteiger partial charge >= 0.3 is 0 Å². The third-order valence-corrected chi connectivity index (χ3v) is 4.32. The van der Waals surface area contributed by atoms with E-state index in [4.69, 9.17) is 0 Å². The lowest BCUT2D eigenvalue weighted by Crippen LogP contribution is -2.30. The van der Waals surface area contributed by atoms with Gasteiger partial charge in [0, 0.05) is 6.54 Å². The van der Waals surface area contributed by atoms with E-state index in [1.165, 1.54) is 55.6 Å². The smallest absolute Gasteiger partial charge is 0.0233 e. The Hall–Kier alpha value is -0.860. The van der Waals surface area contributed by atoms with Crippen molar-refractivity contribution in [3.63, 3.8) is 0 Å². The number of piperidine rings is 1. The molecule has 0 aromatic heterocycles. The van der Waals surface area contributed by atoms with Crippen LogP contribution in [0.25, 0.3) is 0 Å². The van der Waals surface area contributed by atoms with Crippen LogP contribution in [0.1, 0.15) is 36.0 Å². The molecule has 0 bridgehead atoms. The predicted molar refractivity (Wildman–Crippen MR) is 82.5 cm³/mol. The van der Waals surface area contributed by atoms with Gasteiger partial charge in [-0.05, 0) is 76.8 Å². The Morgan fingerprint density at radius 2 is 1.95 bits per heavy atom. The molecule has 1 heterocycles. The molecular weight excluding hydrogens is 232 g/mol. The third-order valence-electron chi connectivity index (χ3n) is 4.32. The number of benzene rings is 1. The fourth-order valence-corrected chi connectivity index (χ4v) is 2.91. The molecule has 1 saturated heterocycles. The molecule has 0 atom stereocenters. The summed E-state index contributed by atoms with van der Waals surface area (Å²) < 4.78 is 0. The summed E-state index contributed by atoms with van der Waals surface area (Å²) in [5, 5.41) is 3.44. The molecule has 1 fully saturated rings. The molecule has 1 aromatic carbocycles. The van der Waals surface area contributed by atoms with Crippen LogP contribution in [0.3, 0.4) is 0 Å². The molecule has 0 unspecified atom stereocenters. The van der Waals surface area contributed by atoms with E-state index in [0.29, 0.717) is 0 Å². The number of rotatable bonds is 5. The van der Waals surface area contributed by atoms with Gasteiger partial charge in [-0.2, -0.15) is 0 Å². The number of nitrogens with zero attached hydrogens (tertiary/aromatic N) is 1. The molecule has 0 spiro atoms. The summed E-state index contributed by atoms with van der Waals surface area (Å²) in [5.74, 6) is 0.933. The maximum absolute atomic E-state index is 3.44. The summed E-state index contributed by atoms with van der Waals surface area (Å²) >= 11 is 0. The summed E-state index contributed by atoms with van der Waals surface area (Å²) in [4.78, 5) is 2.48. The van der Waals surface area contributed by atoms with Crippen molar-refractivity contribution in [2.75, 3.05) is 26.7 Å². The van der Waals surface area contributed by atoms with Gasteiger partial charge in [0.15, 0.2) is 0 Å². The molecule has 2 nitrogen and oxygen atoms in total. The Balaban J connectivity index is 1.80. The highest BCUT2D eigenvalue weighted by Crippen LogP contribution is 2.17. The number of hydrogen-bond donors (Lipinski definition) is 1. The number of hydrogen-bond acceptors (Lipinski definition) is 2. The van der Waals surface area contributed by atoms with Gasteiger partial charge in [0.05, 0.1) is 0 Å². The van der Waals surface area contributed by atoms with Crippen molar-refractivity contribution in [3.05, 3.63) is 34.9 Å². The third kappa shape index (κ3) is 4.63. The highest BCUT2D eigenvalue weighted by atomic mass is 15.1. The van der Waals surface area contributed by atoms with Crippen LogP contribution in [-0.2, 0) is 6.54 Å². The fraction of sp³-hybridized carbons (Fsp3) is 0.647. The maximum atomic E-state index is 3.44. The van der Waals surface area contributed by atoms with Gasteiger partial charge in [0.2, 0.25) is 0 Å². The van der Waals surface area contributed by atoms with E-state index in [0.717, 1.165) is 12.5 Å². The summed E-state index contributed by atoms with van der Waals surface area (Å²) in [7, 11) is 2.25. The quantitative estimate of drug-likeness (QED) is 0.875. The summed E-state index contributed by atoms with van der Waals surface area (Å²) in [6, 6.07) is 6.77. The molecule has 0 saturated carbocycles. The number of nitrogens with one attached hydrogen (secondary N) is 1. The average Bonchev–Trinajstić information content (AvgIpc) is 2.42. The van der Waals surface area contributed by atoms with Crippen LogP contribution in [0.4, 0.5) is 0 Å². The lowest BCUT2D eigenvalue weighted by molar-refractivity contribution is 0.265. The van der Waals surface area contributed by atoms with E-state index in [1.54, 1.807) is 0 Å². The van der Waals surface area contributed by atoms with E-state index < -0.39 is 0 Å². The minimum Gasteiger partial charge on any atom is -0.317 e. The van der Waals surface area contributed by atoms with Crippen LogP contribution in [-0.4, -0.2) is 31.6 Å². The topological polar surface area (TPSA) is 15.3 Å². The Morgan fingerprint density at radius 3 is 2.68 bits per heavy atom. The van der Waals surface area contributed by atoms with E-state index in [9.17, 15) is 0 Å². The second kappa shape index (κ2) is 7.06. The number of aryl methyl sites for hydroxylation is 2. The van der Waals surface area contributed by atoms with E-state index in [2.05, 4.69) is 49.3 Å². The van der Waals surface area contributed by atoms with Gasteiger partial charge in [0.1, 0.15) is 0 Å². The second-order valence-electron chi connectivity index (χ2n) is 6.15. The first-order valence-electron chi connectivity index (χ1n) is 7.60. The van der Waals surface area contributed by atoms with Crippen LogP contribution in [0.15, 0.2) is 18.2 Å². The second-order valence-corrected chi connectivity index (χ2v) is 6.15. The summed E-state index contributed by atoms with van der Waals surface area (Å²) in [5.41, 5.74) is 4.26. The molecular formula is C17H28N2. The average molecular weight is 260 g/mol. The Labute approximate surface area is 118 Å². The lowest BCUT2D eigenvalue weighted by atomic mass is 9.94. The largest absolute Gasteiger partial charge is 0.317 e. The molecule has 0 aliphatic carbocycles. The van der Waals surface area contributed by atoms with Gasteiger partial charge in [-0.15, -0.1) is 0 Å². The predicted octanol–water partition coefficient (Wildman–Crippen LogP) is 3.12. The molecule has 19 heavy (non-hydrogen) atoms. The van der Waals surface area contributed by atoms with Crippen LogP contribution >= 0.6 is 0 Å². The first-order valence-corrected chi connectivity index (χ1v) is 7.60. The molecule has 2 heteroatoms. The fourth-order valence-electron chi connectivity index (χ4n) is 2.91. The molecule has 1 aliphatic rings. The summed E-state index contributed by atoms with van der Waals surface area (Å²) in [6.07, 6.45) is 4.07. The molecule has 1 N–H and O–H groups in total. The lowest BCUT2D eigenvalue weighted by Gasteiger charge is -2.25. The molecule has 106 valence electrons. The van der Waals surface area contributed by atoms with Crippen LogP contribution < -0.4 is 5.32 Å². The van der Waals surface area contributed by atoms with Crippen LogP contribution in [0.5, 0.6) is 0 Å². The van der Waals surface area contributed by atoms with Gasteiger partial charge in [0.25, 0.3) is 0 Å². The molecule has 0 amide bonds. The zero-order valence-electron chi connectivity index (χ0n) is 12.7. The van der Waals surface area contributed by atoms with Gasteiger partial charge in [-0.3, -0.25) is 0 Å². The standard InChI is InChI=1S/C17H28N2/c1-14-4-5-15(2)17(12-14)13-19(3)11-8-16-6-9-18-10-7-16/h4-5,12,16,18H,6-11,13H2,1-3H3. The van der Waals surface area contributed by atoms with Crippen molar-refractivity contribution >= 4 is 0 Å². The van der Waals surface area contributed by atoms with Crippen molar-refractivity contribution < 1.29 is 0 Å². The van der Waals surface area contributed by atoms with Crippen LogP contribution in [0, 0.1) is 19.8 Å². The van der Waals surface area contributed by atoms with E-state index in [1.807, 2.05) is 0 Å². The van der Waals surface area contributed by atoms with Crippen molar-refractivity contribution in [3.8, 4) is 0 Å². The maximum Gasteiger partial charge on any atom is 0.0233 e. The molecule has 1 aliphatic heterocycles.